The molecule has 5 nitrogen and oxygen atoms in total. The Hall–Kier alpha value is -1.62. The fraction of sp³-hybridized carbons (Fsp3) is 0.625. The van der Waals surface area contributed by atoms with Crippen molar-refractivity contribution in [2.75, 3.05) is 0 Å². The fourth-order valence-corrected chi connectivity index (χ4v) is 3.01. The van der Waals surface area contributed by atoms with Gasteiger partial charge in [-0.1, -0.05) is 13.8 Å². The highest BCUT2D eigenvalue weighted by Gasteiger charge is 2.18. The second-order valence-corrected chi connectivity index (χ2v) is 5.78. The summed E-state index contributed by atoms with van der Waals surface area (Å²) in [5.41, 5.74) is 10.7. The number of rotatable bonds is 6. The maximum Gasteiger partial charge on any atom is 0.0644 e. The van der Waals surface area contributed by atoms with Gasteiger partial charge in [-0.2, -0.15) is 10.2 Å². The third-order valence-corrected chi connectivity index (χ3v) is 4.35. The molecule has 0 spiro atoms. The number of aryl methyl sites for hydroxylation is 2. The number of aromatic nitrogens is 4. The van der Waals surface area contributed by atoms with Crippen molar-refractivity contribution in [2.45, 2.75) is 59.0 Å². The normalized spacial score (nSPS) is 13.1. The Balaban J connectivity index is 2.14. The Kier molecular flexibility index (Phi) is 4.83. The van der Waals surface area contributed by atoms with Crippen LogP contribution in [0.15, 0.2) is 12.3 Å². The Morgan fingerprint density at radius 1 is 1.19 bits per heavy atom. The number of nitrogens with two attached hydrogens (primary N) is 1. The lowest BCUT2D eigenvalue weighted by molar-refractivity contribution is 0.424. The zero-order chi connectivity index (χ0) is 15.6. The fourth-order valence-electron chi connectivity index (χ4n) is 3.01. The van der Waals surface area contributed by atoms with Crippen LogP contribution in [-0.2, 0) is 13.5 Å². The lowest BCUT2D eigenvalue weighted by atomic mass is 10.0. The van der Waals surface area contributed by atoms with Crippen LogP contribution in [0.3, 0.4) is 0 Å². The number of nitrogens with zero attached hydrogens (tertiary/aromatic N) is 4. The molecular formula is C16H27N5. The Morgan fingerprint density at radius 2 is 1.86 bits per heavy atom. The second-order valence-electron chi connectivity index (χ2n) is 5.78. The van der Waals surface area contributed by atoms with Gasteiger partial charge in [-0.25, -0.2) is 0 Å². The van der Waals surface area contributed by atoms with Crippen molar-refractivity contribution in [3.8, 4) is 0 Å². The van der Waals surface area contributed by atoms with Crippen molar-refractivity contribution < 1.29 is 0 Å². The van der Waals surface area contributed by atoms with E-state index in [2.05, 4.69) is 42.8 Å². The van der Waals surface area contributed by atoms with Crippen LogP contribution in [0.1, 0.15) is 61.4 Å². The summed E-state index contributed by atoms with van der Waals surface area (Å²) < 4.78 is 3.97. The van der Waals surface area contributed by atoms with Gasteiger partial charge in [0.2, 0.25) is 0 Å². The molecule has 0 bridgehead atoms. The summed E-state index contributed by atoms with van der Waals surface area (Å²) in [7, 11) is 1.96. The molecule has 0 amide bonds. The third-order valence-electron chi connectivity index (χ3n) is 4.35. The summed E-state index contributed by atoms with van der Waals surface area (Å²) in [4.78, 5) is 0. The molecule has 2 heterocycles. The van der Waals surface area contributed by atoms with Gasteiger partial charge in [-0.15, -0.1) is 0 Å². The van der Waals surface area contributed by atoms with Crippen molar-refractivity contribution in [1.29, 1.82) is 0 Å². The van der Waals surface area contributed by atoms with E-state index in [-0.39, 0.29) is 6.04 Å². The van der Waals surface area contributed by atoms with Crippen LogP contribution in [0.5, 0.6) is 0 Å². The minimum Gasteiger partial charge on any atom is -0.324 e. The van der Waals surface area contributed by atoms with Gasteiger partial charge in [0.05, 0.1) is 17.4 Å². The van der Waals surface area contributed by atoms with E-state index >= 15 is 0 Å². The topological polar surface area (TPSA) is 61.7 Å². The highest BCUT2D eigenvalue weighted by Crippen LogP contribution is 2.23. The molecule has 0 aliphatic heterocycles. The molecule has 1 unspecified atom stereocenters. The molecule has 2 N–H and O–H groups in total. The molecule has 2 rings (SSSR count). The molecule has 5 heteroatoms. The van der Waals surface area contributed by atoms with Crippen LogP contribution in [0, 0.1) is 13.8 Å². The van der Waals surface area contributed by atoms with Crippen molar-refractivity contribution >= 4 is 0 Å². The molecule has 0 saturated carbocycles. The lowest BCUT2D eigenvalue weighted by Gasteiger charge is -2.13. The van der Waals surface area contributed by atoms with Gasteiger partial charge >= 0.3 is 0 Å². The molecule has 116 valence electrons. The van der Waals surface area contributed by atoms with Crippen LogP contribution in [-0.4, -0.2) is 19.6 Å². The van der Waals surface area contributed by atoms with E-state index < -0.39 is 0 Å². The smallest absolute Gasteiger partial charge is 0.0644 e. The van der Waals surface area contributed by atoms with Crippen LogP contribution < -0.4 is 5.73 Å². The van der Waals surface area contributed by atoms with Gasteiger partial charge in [0.25, 0.3) is 0 Å². The van der Waals surface area contributed by atoms with Crippen LogP contribution >= 0.6 is 0 Å². The third kappa shape index (κ3) is 3.18. The minimum atomic E-state index is -0.0521. The standard InChI is InChI=1S/C16H27N5/c1-6-14(7-2)21-9-8-13(19-21)10-15(17)16-11(3)18-20(5)12(16)4/h8-9,14-15H,6-7,10,17H2,1-5H3. The van der Waals surface area contributed by atoms with E-state index in [4.69, 9.17) is 10.8 Å². The summed E-state index contributed by atoms with van der Waals surface area (Å²) in [5, 5.41) is 9.14. The molecule has 0 aliphatic rings. The van der Waals surface area contributed by atoms with E-state index in [9.17, 15) is 0 Å². The minimum absolute atomic E-state index is 0.0521. The average Bonchev–Trinajstić information content (AvgIpc) is 2.97. The maximum absolute atomic E-state index is 6.39. The van der Waals surface area contributed by atoms with Gasteiger partial charge in [-0.3, -0.25) is 9.36 Å². The van der Waals surface area contributed by atoms with Gasteiger partial charge in [0.15, 0.2) is 0 Å². The summed E-state index contributed by atoms with van der Waals surface area (Å²) in [6.07, 6.45) is 5.03. The van der Waals surface area contributed by atoms with Crippen LogP contribution in [0.25, 0.3) is 0 Å². The van der Waals surface area contributed by atoms with Gasteiger partial charge < -0.3 is 5.73 Å². The summed E-state index contributed by atoms with van der Waals surface area (Å²) in [5.74, 6) is 0. The van der Waals surface area contributed by atoms with E-state index in [0.29, 0.717) is 6.04 Å². The van der Waals surface area contributed by atoms with Crippen molar-refractivity contribution in [3.63, 3.8) is 0 Å². The van der Waals surface area contributed by atoms with Crippen LogP contribution in [0.2, 0.25) is 0 Å². The summed E-state index contributed by atoms with van der Waals surface area (Å²) >= 11 is 0. The highest BCUT2D eigenvalue weighted by molar-refractivity contribution is 5.29. The molecule has 0 aliphatic carbocycles. The largest absolute Gasteiger partial charge is 0.324 e. The van der Waals surface area contributed by atoms with Gasteiger partial charge in [-0.05, 0) is 32.8 Å². The Bertz CT molecular complexity index is 592. The monoisotopic (exact) mass is 289 g/mol. The molecule has 21 heavy (non-hydrogen) atoms. The Labute approximate surface area is 127 Å². The molecule has 2 aromatic rings. The average molecular weight is 289 g/mol. The summed E-state index contributed by atoms with van der Waals surface area (Å²) in [6, 6.07) is 2.51. The van der Waals surface area contributed by atoms with Gasteiger partial charge in [0, 0.05) is 37.0 Å². The van der Waals surface area contributed by atoms with E-state index in [0.717, 1.165) is 41.9 Å². The SMILES string of the molecule is CCC(CC)n1ccc(CC(N)c2c(C)nn(C)c2C)n1. The van der Waals surface area contributed by atoms with E-state index in [1.54, 1.807) is 0 Å². The van der Waals surface area contributed by atoms with E-state index in [1.165, 1.54) is 0 Å². The first-order valence-corrected chi connectivity index (χ1v) is 7.77. The first-order chi connectivity index (χ1) is 9.97. The molecule has 1 atom stereocenters. The van der Waals surface area contributed by atoms with Crippen molar-refractivity contribution in [1.82, 2.24) is 19.6 Å². The second kappa shape index (κ2) is 6.43. The van der Waals surface area contributed by atoms with Crippen LogP contribution in [0.4, 0.5) is 0 Å². The molecule has 0 radical (unpaired) electrons. The predicted molar refractivity (Wildman–Crippen MR) is 85.2 cm³/mol. The molecule has 0 aromatic carbocycles. The van der Waals surface area contributed by atoms with Crippen molar-refractivity contribution in [2.24, 2.45) is 12.8 Å². The van der Waals surface area contributed by atoms with Crippen molar-refractivity contribution in [3.05, 3.63) is 34.9 Å². The summed E-state index contributed by atoms with van der Waals surface area (Å²) in [6.45, 7) is 8.48. The zero-order valence-corrected chi connectivity index (χ0v) is 13.8. The maximum atomic E-state index is 6.39. The zero-order valence-electron chi connectivity index (χ0n) is 13.8. The quantitative estimate of drug-likeness (QED) is 0.889. The first kappa shape index (κ1) is 15.8. The lowest BCUT2D eigenvalue weighted by Crippen LogP contribution is -2.16. The van der Waals surface area contributed by atoms with E-state index in [1.807, 2.05) is 18.7 Å². The highest BCUT2D eigenvalue weighted by atomic mass is 15.3. The molecule has 2 aromatic heterocycles. The van der Waals surface area contributed by atoms with Gasteiger partial charge in [0.1, 0.15) is 0 Å². The first-order valence-electron chi connectivity index (χ1n) is 7.77. The molecular weight excluding hydrogens is 262 g/mol. The predicted octanol–water partition coefficient (Wildman–Crippen LogP) is 2.84. The number of hydrogen-bond donors (Lipinski definition) is 1. The number of hydrogen-bond acceptors (Lipinski definition) is 3. The molecule has 0 saturated heterocycles. The molecule has 0 fully saturated rings. The Morgan fingerprint density at radius 3 is 2.38 bits per heavy atom.